The smallest absolute Gasteiger partial charge is 0.186 e. The number of anilines is 1. The molecule has 2 aromatic carbocycles. The SMILES string of the molecule is CCNCO.CNc1ccc(OCO)cc1.COC1=C[C@H](CCC2C=CC(OCc3ccccc3)=CC2)CC=C1C. The van der Waals surface area contributed by atoms with E-state index >= 15 is 0 Å². The van der Waals surface area contributed by atoms with Crippen LogP contribution in [-0.4, -0.2) is 44.4 Å². The largest absolute Gasteiger partial charge is 0.497 e. The number of hydrogen-bond donors (Lipinski definition) is 4. The normalized spacial score (nSPS) is 17.4. The molecule has 0 spiro atoms. The Bertz CT molecular complexity index is 1090. The minimum atomic E-state index is -0.279. The van der Waals surface area contributed by atoms with Crippen molar-refractivity contribution in [3.05, 3.63) is 108 Å². The minimum absolute atomic E-state index is 0.0938. The van der Waals surface area contributed by atoms with E-state index in [9.17, 15) is 0 Å². The summed E-state index contributed by atoms with van der Waals surface area (Å²) in [5.74, 6) is 3.94. The molecule has 7 nitrogen and oxygen atoms in total. The number of aliphatic hydroxyl groups is 2. The van der Waals surface area contributed by atoms with Gasteiger partial charge in [-0.3, -0.25) is 5.32 Å². The van der Waals surface area contributed by atoms with Gasteiger partial charge in [-0.05, 0) is 105 Å². The monoisotopic (exact) mass is 564 g/mol. The van der Waals surface area contributed by atoms with E-state index < -0.39 is 0 Å². The molecule has 41 heavy (non-hydrogen) atoms. The molecule has 0 saturated heterocycles. The molecule has 0 bridgehead atoms. The summed E-state index contributed by atoms with van der Waals surface area (Å²) in [6, 6.07) is 17.7. The Hall–Kier alpha value is -3.52. The number of nitrogens with one attached hydrogen (secondary N) is 2. The van der Waals surface area contributed by atoms with Crippen LogP contribution < -0.4 is 15.4 Å². The fourth-order valence-electron chi connectivity index (χ4n) is 4.31. The van der Waals surface area contributed by atoms with Crippen LogP contribution in [0.25, 0.3) is 0 Å². The quantitative estimate of drug-likeness (QED) is 0.218. The first-order valence-electron chi connectivity index (χ1n) is 14.3. The zero-order valence-corrected chi connectivity index (χ0v) is 25.0. The Morgan fingerprint density at radius 1 is 0.902 bits per heavy atom. The van der Waals surface area contributed by atoms with E-state index in [-0.39, 0.29) is 13.5 Å². The Morgan fingerprint density at radius 2 is 1.61 bits per heavy atom. The summed E-state index contributed by atoms with van der Waals surface area (Å²) in [6.45, 7) is 5.36. The van der Waals surface area contributed by atoms with Crippen molar-refractivity contribution in [1.82, 2.24) is 5.32 Å². The number of allylic oxidation sites excluding steroid dienone is 6. The average molecular weight is 565 g/mol. The van der Waals surface area contributed by atoms with E-state index in [1.165, 1.54) is 24.0 Å². The second-order valence-corrected chi connectivity index (χ2v) is 9.74. The fourth-order valence-corrected chi connectivity index (χ4v) is 4.31. The molecule has 1 unspecified atom stereocenters. The molecule has 0 aromatic heterocycles. The summed E-state index contributed by atoms with van der Waals surface area (Å²) in [5.41, 5.74) is 3.50. The topological polar surface area (TPSA) is 92.2 Å². The van der Waals surface area contributed by atoms with Gasteiger partial charge in [-0.2, -0.15) is 0 Å². The van der Waals surface area contributed by atoms with Gasteiger partial charge in [0, 0.05) is 12.7 Å². The lowest BCUT2D eigenvalue weighted by Crippen LogP contribution is -2.12. The van der Waals surface area contributed by atoms with Crippen molar-refractivity contribution in [3.63, 3.8) is 0 Å². The maximum Gasteiger partial charge on any atom is 0.186 e. The van der Waals surface area contributed by atoms with Crippen molar-refractivity contribution in [2.24, 2.45) is 11.8 Å². The molecule has 0 amide bonds. The first kappa shape index (κ1) is 33.7. The summed E-state index contributed by atoms with van der Waals surface area (Å²) in [6.07, 6.45) is 15.9. The number of hydrogen-bond acceptors (Lipinski definition) is 7. The van der Waals surface area contributed by atoms with Crippen molar-refractivity contribution < 1.29 is 24.4 Å². The van der Waals surface area contributed by atoms with Crippen molar-refractivity contribution in [3.8, 4) is 5.75 Å². The molecule has 2 aromatic rings. The standard InChI is InChI=1S/C23H28O2.C8H11NO2.C3H9NO/c1-18-8-9-20(16-23(18)24-2)11-10-19-12-14-22(15-13-19)25-17-21-6-4-3-5-7-21;1-9-7-2-4-8(5-3-7)11-6-10;1-2-4-3-5/h3-8,12,14-16,19-20H,9-11,13,17H2,1-2H3;2-5,9-10H,6H2,1H3;4-5H,2-3H2,1H3/t19?,20-;;/m0../s1. The molecule has 0 saturated carbocycles. The van der Waals surface area contributed by atoms with Gasteiger partial charge in [-0.15, -0.1) is 0 Å². The molecule has 4 N–H and O–H groups in total. The molecule has 2 aliphatic carbocycles. The second kappa shape index (κ2) is 20.4. The third-order valence-electron chi connectivity index (χ3n) is 6.77. The highest BCUT2D eigenvalue weighted by Gasteiger charge is 2.16. The van der Waals surface area contributed by atoms with Crippen molar-refractivity contribution in [1.29, 1.82) is 0 Å². The van der Waals surface area contributed by atoms with Crippen LogP contribution in [0.1, 0.15) is 45.1 Å². The maximum absolute atomic E-state index is 8.41. The molecular weight excluding hydrogens is 516 g/mol. The highest BCUT2D eigenvalue weighted by atomic mass is 16.6. The molecule has 2 atom stereocenters. The third kappa shape index (κ3) is 13.6. The number of ether oxygens (including phenoxy) is 3. The van der Waals surface area contributed by atoms with Gasteiger partial charge in [0.2, 0.25) is 0 Å². The van der Waals surface area contributed by atoms with Gasteiger partial charge in [0.1, 0.15) is 23.9 Å². The molecule has 7 heteroatoms. The average Bonchev–Trinajstić information content (AvgIpc) is 3.02. The van der Waals surface area contributed by atoms with Gasteiger partial charge < -0.3 is 29.7 Å². The van der Waals surface area contributed by atoms with Crippen LogP contribution in [0.2, 0.25) is 0 Å². The van der Waals surface area contributed by atoms with E-state index in [1.54, 1.807) is 19.2 Å². The van der Waals surface area contributed by atoms with Crippen LogP contribution in [0.3, 0.4) is 0 Å². The van der Waals surface area contributed by atoms with Gasteiger partial charge in [-0.25, -0.2) is 0 Å². The minimum Gasteiger partial charge on any atom is -0.497 e. The molecule has 0 aliphatic heterocycles. The highest BCUT2D eigenvalue weighted by Crippen LogP contribution is 2.30. The van der Waals surface area contributed by atoms with Crippen LogP contribution in [0.5, 0.6) is 5.75 Å². The fraction of sp³-hybridized carbons (Fsp3) is 0.412. The molecule has 0 fully saturated rings. The third-order valence-corrected chi connectivity index (χ3v) is 6.77. The molecule has 0 radical (unpaired) electrons. The van der Waals surface area contributed by atoms with Crippen molar-refractivity contribution >= 4 is 5.69 Å². The first-order valence-corrected chi connectivity index (χ1v) is 14.3. The van der Waals surface area contributed by atoms with Crippen molar-refractivity contribution in [2.75, 3.05) is 39.5 Å². The van der Waals surface area contributed by atoms with Crippen LogP contribution in [0.4, 0.5) is 5.69 Å². The molecule has 224 valence electrons. The van der Waals surface area contributed by atoms with Crippen LogP contribution in [0, 0.1) is 11.8 Å². The maximum atomic E-state index is 8.41. The van der Waals surface area contributed by atoms with E-state index in [0.717, 1.165) is 36.6 Å². The predicted octanol–water partition coefficient (Wildman–Crippen LogP) is 6.54. The summed E-state index contributed by atoms with van der Waals surface area (Å²) >= 11 is 0. The molecular formula is C34H48N2O5. The second-order valence-electron chi connectivity index (χ2n) is 9.74. The summed E-state index contributed by atoms with van der Waals surface area (Å²) in [7, 11) is 3.61. The summed E-state index contributed by atoms with van der Waals surface area (Å²) in [5, 5.41) is 22.0. The summed E-state index contributed by atoms with van der Waals surface area (Å²) < 4.78 is 16.2. The van der Waals surface area contributed by atoms with Gasteiger partial charge in [0.05, 0.1) is 13.8 Å². The van der Waals surface area contributed by atoms with Gasteiger partial charge in [-0.1, -0.05) is 49.4 Å². The van der Waals surface area contributed by atoms with E-state index in [4.69, 9.17) is 24.4 Å². The zero-order chi connectivity index (χ0) is 29.7. The zero-order valence-electron chi connectivity index (χ0n) is 25.0. The molecule has 2 aliphatic rings. The van der Waals surface area contributed by atoms with Gasteiger partial charge in [0.15, 0.2) is 6.79 Å². The highest BCUT2D eigenvalue weighted by molar-refractivity contribution is 5.45. The molecule has 4 rings (SSSR count). The van der Waals surface area contributed by atoms with E-state index in [2.05, 4.69) is 60.1 Å². The Morgan fingerprint density at radius 3 is 2.17 bits per heavy atom. The lowest BCUT2D eigenvalue weighted by Gasteiger charge is -2.22. The lowest BCUT2D eigenvalue weighted by atomic mass is 9.87. The Labute approximate surface area is 246 Å². The van der Waals surface area contributed by atoms with Crippen LogP contribution in [0.15, 0.2) is 102 Å². The number of benzene rings is 2. The van der Waals surface area contributed by atoms with Crippen LogP contribution in [-0.2, 0) is 16.1 Å². The Kier molecular flexibility index (Phi) is 16.7. The number of methoxy groups -OCH3 is 1. The lowest BCUT2D eigenvalue weighted by molar-refractivity contribution is 0.0985. The number of aliphatic hydroxyl groups excluding tert-OH is 2. The number of rotatable bonds is 12. The predicted molar refractivity (Wildman–Crippen MR) is 167 cm³/mol. The Balaban J connectivity index is 0.000000303. The molecule has 0 heterocycles. The van der Waals surface area contributed by atoms with Gasteiger partial charge in [0.25, 0.3) is 0 Å². The van der Waals surface area contributed by atoms with E-state index in [0.29, 0.717) is 24.2 Å². The summed E-state index contributed by atoms with van der Waals surface area (Å²) in [4.78, 5) is 0. The van der Waals surface area contributed by atoms with Gasteiger partial charge >= 0.3 is 0 Å². The van der Waals surface area contributed by atoms with E-state index in [1.807, 2.05) is 44.3 Å². The van der Waals surface area contributed by atoms with Crippen LogP contribution >= 0.6 is 0 Å². The first-order chi connectivity index (χ1) is 20.0. The van der Waals surface area contributed by atoms with Crippen molar-refractivity contribution in [2.45, 2.75) is 46.1 Å².